The molecule has 1 aliphatic heterocycles. The van der Waals surface area contributed by atoms with Gasteiger partial charge in [0.2, 0.25) is 0 Å². The number of unbranched alkanes of at least 4 members (excludes halogenated alkanes) is 3. The van der Waals surface area contributed by atoms with Crippen LogP contribution in [-0.4, -0.2) is 36.2 Å². The number of hydrogen-bond acceptors (Lipinski definition) is 5. The van der Waals surface area contributed by atoms with Crippen molar-refractivity contribution in [3.63, 3.8) is 0 Å². The Balaban J connectivity index is 2.74. The molecule has 0 bridgehead atoms. The summed E-state index contributed by atoms with van der Waals surface area (Å²) in [6.45, 7) is 9.22. The zero-order valence-corrected chi connectivity index (χ0v) is 16.1. The number of thioether (sulfide) groups is 1. The summed E-state index contributed by atoms with van der Waals surface area (Å²) in [7, 11) is 0. The lowest BCUT2D eigenvalue weighted by Gasteiger charge is -2.43. The molecular formula is C18H34O4S. The number of rotatable bonds is 11. The summed E-state index contributed by atoms with van der Waals surface area (Å²) in [6, 6.07) is 0. The van der Waals surface area contributed by atoms with Gasteiger partial charge in [0, 0.05) is 19.6 Å². The van der Waals surface area contributed by atoms with Crippen LogP contribution in [0.25, 0.3) is 0 Å². The first-order chi connectivity index (χ1) is 11.1. The average molecular weight is 347 g/mol. The van der Waals surface area contributed by atoms with Crippen molar-refractivity contribution < 1.29 is 19.0 Å². The monoisotopic (exact) mass is 346 g/mol. The Morgan fingerprint density at radius 2 is 1.83 bits per heavy atom. The topological polar surface area (TPSA) is 44.8 Å². The molecule has 4 nitrogen and oxygen atoms in total. The van der Waals surface area contributed by atoms with E-state index in [1.54, 1.807) is 0 Å². The molecule has 0 aliphatic carbocycles. The molecule has 0 saturated carbocycles. The Hall–Kier alpha value is -0.100. The molecule has 136 valence electrons. The summed E-state index contributed by atoms with van der Waals surface area (Å²) in [5.41, 5.74) is 0. The fourth-order valence-electron chi connectivity index (χ4n) is 3.14. The molecule has 1 heterocycles. The van der Waals surface area contributed by atoms with Gasteiger partial charge in [-0.1, -0.05) is 51.3 Å². The van der Waals surface area contributed by atoms with Crippen LogP contribution in [0.15, 0.2) is 0 Å². The van der Waals surface area contributed by atoms with Crippen LogP contribution in [-0.2, 0) is 19.0 Å². The van der Waals surface area contributed by atoms with Gasteiger partial charge in [-0.15, -0.1) is 0 Å². The summed E-state index contributed by atoms with van der Waals surface area (Å²) in [4.78, 5) is 12.4. The number of hydrogen-bond donors (Lipinski definition) is 0. The average Bonchev–Trinajstić information content (AvgIpc) is 2.52. The first-order valence-corrected chi connectivity index (χ1v) is 10.2. The molecule has 0 amide bonds. The second kappa shape index (κ2) is 11.5. The van der Waals surface area contributed by atoms with Crippen molar-refractivity contribution in [2.45, 2.75) is 84.7 Å². The second-order valence-electron chi connectivity index (χ2n) is 5.95. The lowest BCUT2D eigenvalue weighted by molar-refractivity contribution is -0.410. The molecule has 1 fully saturated rings. The molecule has 0 aromatic heterocycles. The highest BCUT2D eigenvalue weighted by molar-refractivity contribution is 8.13. The summed E-state index contributed by atoms with van der Waals surface area (Å²) >= 11 is 1.41. The molecule has 23 heavy (non-hydrogen) atoms. The first-order valence-electron chi connectivity index (χ1n) is 9.24. The second-order valence-corrected chi connectivity index (χ2v) is 7.22. The third-order valence-corrected chi connectivity index (χ3v) is 5.08. The Morgan fingerprint density at radius 3 is 2.39 bits per heavy atom. The van der Waals surface area contributed by atoms with Crippen LogP contribution in [0.5, 0.6) is 0 Å². The van der Waals surface area contributed by atoms with Gasteiger partial charge >= 0.3 is 0 Å². The van der Waals surface area contributed by atoms with Gasteiger partial charge in [-0.2, -0.15) is 0 Å². The minimum atomic E-state index is -0.952. The predicted octanol–water partition coefficient (Wildman–Crippen LogP) is 4.76. The molecule has 0 N–H and O–H groups in total. The van der Waals surface area contributed by atoms with Crippen molar-refractivity contribution in [1.29, 1.82) is 0 Å². The number of ether oxygens (including phenoxy) is 3. The SMILES string of the molecule is CCCCCC[C@@H]1OC(OCC)(OCC)CC[C@@H]1C(=O)SCC. The molecule has 0 aromatic carbocycles. The van der Waals surface area contributed by atoms with Gasteiger partial charge in [-0.05, 0) is 32.4 Å². The molecule has 1 aliphatic rings. The van der Waals surface area contributed by atoms with Crippen molar-refractivity contribution in [2.24, 2.45) is 5.92 Å². The van der Waals surface area contributed by atoms with Gasteiger partial charge in [0.05, 0.1) is 12.0 Å². The fraction of sp³-hybridized carbons (Fsp3) is 0.944. The van der Waals surface area contributed by atoms with E-state index >= 15 is 0 Å². The Kier molecular flexibility index (Phi) is 10.4. The lowest BCUT2D eigenvalue weighted by Crippen LogP contribution is -2.50. The van der Waals surface area contributed by atoms with E-state index in [4.69, 9.17) is 14.2 Å². The van der Waals surface area contributed by atoms with Crippen molar-refractivity contribution in [1.82, 2.24) is 0 Å². The highest BCUT2D eigenvalue weighted by Gasteiger charge is 2.45. The van der Waals surface area contributed by atoms with Gasteiger partial charge in [0.15, 0.2) is 5.12 Å². The molecule has 1 saturated heterocycles. The van der Waals surface area contributed by atoms with Gasteiger partial charge in [-0.3, -0.25) is 4.79 Å². The molecule has 0 unspecified atom stereocenters. The Morgan fingerprint density at radius 1 is 1.13 bits per heavy atom. The normalized spacial score (nSPS) is 23.8. The summed E-state index contributed by atoms with van der Waals surface area (Å²) in [5, 5.41) is 0.259. The molecule has 1 rings (SSSR count). The van der Waals surface area contributed by atoms with Gasteiger partial charge in [0.25, 0.3) is 5.97 Å². The number of carbonyl (C=O) groups is 1. The van der Waals surface area contributed by atoms with Crippen LogP contribution in [0.2, 0.25) is 0 Å². The molecule has 5 heteroatoms. The zero-order valence-electron chi connectivity index (χ0n) is 15.3. The van der Waals surface area contributed by atoms with Gasteiger partial charge < -0.3 is 14.2 Å². The van der Waals surface area contributed by atoms with E-state index in [9.17, 15) is 4.79 Å². The van der Waals surface area contributed by atoms with E-state index in [0.29, 0.717) is 19.6 Å². The van der Waals surface area contributed by atoms with E-state index in [1.807, 2.05) is 20.8 Å². The van der Waals surface area contributed by atoms with Crippen LogP contribution in [0.3, 0.4) is 0 Å². The van der Waals surface area contributed by atoms with Crippen molar-refractivity contribution in [3.05, 3.63) is 0 Å². The maximum atomic E-state index is 12.4. The molecule has 2 atom stereocenters. The van der Waals surface area contributed by atoms with Crippen molar-refractivity contribution in [2.75, 3.05) is 19.0 Å². The van der Waals surface area contributed by atoms with Crippen LogP contribution >= 0.6 is 11.8 Å². The quantitative estimate of drug-likeness (QED) is 0.399. The van der Waals surface area contributed by atoms with Crippen molar-refractivity contribution in [3.8, 4) is 0 Å². The minimum absolute atomic E-state index is 0.0318. The fourth-order valence-corrected chi connectivity index (χ4v) is 3.90. The highest BCUT2D eigenvalue weighted by Crippen LogP contribution is 2.38. The highest BCUT2D eigenvalue weighted by atomic mass is 32.2. The lowest BCUT2D eigenvalue weighted by atomic mass is 9.90. The van der Waals surface area contributed by atoms with Crippen LogP contribution in [0.4, 0.5) is 0 Å². The zero-order chi connectivity index (χ0) is 17.1. The van der Waals surface area contributed by atoms with Crippen LogP contribution in [0.1, 0.15) is 72.6 Å². The third-order valence-electron chi connectivity index (χ3n) is 4.20. The molecule has 0 spiro atoms. The first kappa shape index (κ1) is 20.9. The van der Waals surface area contributed by atoms with Crippen molar-refractivity contribution >= 4 is 16.9 Å². The largest absolute Gasteiger partial charge is 0.328 e. The maximum absolute atomic E-state index is 12.4. The van der Waals surface area contributed by atoms with E-state index in [-0.39, 0.29) is 17.1 Å². The summed E-state index contributed by atoms with van der Waals surface area (Å²) < 4.78 is 17.8. The smallest absolute Gasteiger partial charge is 0.283 e. The third kappa shape index (κ3) is 6.73. The standard InChI is InChI=1S/C18H34O4S/c1-5-9-10-11-12-16-15(17(19)23-8-4)13-14-18(22-16,20-6-2)21-7-3/h15-16H,5-14H2,1-4H3/t15-,16-/m0/s1. The predicted molar refractivity (Wildman–Crippen MR) is 95.5 cm³/mol. The Bertz CT molecular complexity index is 329. The van der Waals surface area contributed by atoms with Crippen LogP contribution in [0, 0.1) is 5.92 Å². The molecule has 0 radical (unpaired) electrons. The molecular weight excluding hydrogens is 312 g/mol. The minimum Gasteiger partial charge on any atom is -0.328 e. The summed E-state index contributed by atoms with van der Waals surface area (Å²) in [5.74, 6) is -0.164. The van der Waals surface area contributed by atoms with E-state index in [1.165, 1.54) is 31.0 Å². The van der Waals surface area contributed by atoms with Crippen LogP contribution < -0.4 is 0 Å². The van der Waals surface area contributed by atoms with E-state index in [2.05, 4.69) is 6.92 Å². The van der Waals surface area contributed by atoms with E-state index < -0.39 is 5.97 Å². The summed E-state index contributed by atoms with van der Waals surface area (Å²) in [6.07, 6.45) is 6.94. The van der Waals surface area contributed by atoms with E-state index in [0.717, 1.165) is 25.0 Å². The van der Waals surface area contributed by atoms with Gasteiger partial charge in [-0.25, -0.2) is 0 Å². The maximum Gasteiger partial charge on any atom is 0.283 e. The van der Waals surface area contributed by atoms with Gasteiger partial charge in [0.1, 0.15) is 0 Å². The molecule has 0 aromatic rings. The number of carbonyl (C=O) groups excluding carboxylic acids is 1. The Labute approximate surface area is 146 Å².